The molecule has 0 unspecified atom stereocenters. The number of hydrogen-bond donors (Lipinski definition) is 1. The van der Waals surface area contributed by atoms with Gasteiger partial charge >= 0.3 is 5.97 Å². The summed E-state index contributed by atoms with van der Waals surface area (Å²) in [5, 5.41) is 12.8. The first-order valence-corrected chi connectivity index (χ1v) is 6.86. The molecule has 3 nitrogen and oxygen atoms in total. The third-order valence-corrected chi connectivity index (χ3v) is 3.88. The van der Waals surface area contributed by atoms with Gasteiger partial charge in [0.25, 0.3) is 0 Å². The molecule has 0 aliphatic heterocycles. The maximum atomic E-state index is 10.7. The minimum Gasteiger partial charge on any atom is -0.481 e. The van der Waals surface area contributed by atoms with Gasteiger partial charge in [0.2, 0.25) is 0 Å². The van der Waals surface area contributed by atoms with Gasteiger partial charge in [-0.15, -0.1) is 0 Å². The number of nitrogens with zero attached hydrogens (tertiary/aromatic N) is 1. The maximum Gasteiger partial charge on any atom is 0.313 e. The summed E-state index contributed by atoms with van der Waals surface area (Å²) in [4.78, 5) is 15.3. The highest BCUT2D eigenvalue weighted by atomic mass is 32.2. The van der Waals surface area contributed by atoms with Crippen LogP contribution in [-0.2, 0) is 4.79 Å². The molecule has 0 amide bonds. The third-order valence-electron chi connectivity index (χ3n) is 2.91. The SMILES string of the molecule is O=C(O)CSc1nc2ccccc2c2ccccc12. The van der Waals surface area contributed by atoms with Crippen molar-refractivity contribution >= 4 is 39.4 Å². The van der Waals surface area contributed by atoms with Crippen LogP contribution >= 0.6 is 11.8 Å². The Kier molecular flexibility index (Phi) is 3.09. The number of carboxylic acids is 1. The molecule has 2 aromatic carbocycles. The van der Waals surface area contributed by atoms with Crippen LogP contribution < -0.4 is 0 Å². The number of carboxylic acid groups (broad SMARTS) is 1. The molecule has 3 rings (SSSR count). The summed E-state index contributed by atoms with van der Waals surface area (Å²) in [5.74, 6) is -0.806. The van der Waals surface area contributed by atoms with Gasteiger partial charge < -0.3 is 5.11 Å². The van der Waals surface area contributed by atoms with E-state index in [1.54, 1.807) is 0 Å². The summed E-state index contributed by atoms with van der Waals surface area (Å²) < 4.78 is 0. The van der Waals surface area contributed by atoms with Gasteiger partial charge in [0, 0.05) is 10.8 Å². The van der Waals surface area contributed by atoms with Gasteiger partial charge in [0.15, 0.2) is 0 Å². The number of carbonyl (C=O) groups is 1. The molecular formula is C15H11NO2S. The molecule has 19 heavy (non-hydrogen) atoms. The molecular weight excluding hydrogens is 258 g/mol. The lowest BCUT2D eigenvalue weighted by atomic mass is 10.1. The van der Waals surface area contributed by atoms with Crippen molar-refractivity contribution < 1.29 is 9.90 Å². The Morgan fingerprint density at radius 3 is 2.37 bits per heavy atom. The van der Waals surface area contributed by atoms with Crippen molar-refractivity contribution in [3.05, 3.63) is 48.5 Å². The molecule has 1 heterocycles. The number of aromatic nitrogens is 1. The van der Waals surface area contributed by atoms with Crippen LogP contribution in [0.25, 0.3) is 21.7 Å². The highest BCUT2D eigenvalue weighted by molar-refractivity contribution is 8.00. The predicted molar refractivity (Wildman–Crippen MR) is 77.6 cm³/mol. The molecule has 4 heteroatoms. The van der Waals surface area contributed by atoms with E-state index in [1.165, 1.54) is 11.8 Å². The van der Waals surface area contributed by atoms with Crippen LogP contribution in [0, 0.1) is 0 Å². The summed E-state index contributed by atoms with van der Waals surface area (Å²) >= 11 is 1.26. The van der Waals surface area contributed by atoms with Crippen LogP contribution in [0.1, 0.15) is 0 Å². The van der Waals surface area contributed by atoms with Crippen LogP contribution in [0.4, 0.5) is 0 Å². The smallest absolute Gasteiger partial charge is 0.313 e. The number of hydrogen-bond acceptors (Lipinski definition) is 3. The van der Waals surface area contributed by atoms with E-state index < -0.39 is 5.97 Å². The minimum absolute atomic E-state index is 0.0231. The van der Waals surface area contributed by atoms with Crippen LogP contribution in [0.15, 0.2) is 53.6 Å². The fourth-order valence-electron chi connectivity index (χ4n) is 2.11. The quantitative estimate of drug-likeness (QED) is 0.583. The van der Waals surface area contributed by atoms with Gasteiger partial charge in [0.1, 0.15) is 5.03 Å². The van der Waals surface area contributed by atoms with Crippen molar-refractivity contribution in [2.75, 3.05) is 5.75 Å². The van der Waals surface area contributed by atoms with Crippen molar-refractivity contribution in [3.8, 4) is 0 Å². The Morgan fingerprint density at radius 2 is 1.63 bits per heavy atom. The van der Waals surface area contributed by atoms with E-state index in [1.807, 2.05) is 48.5 Å². The van der Waals surface area contributed by atoms with Gasteiger partial charge in [0.05, 0.1) is 11.3 Å². The molecule has 94 valence electrons. The standard InChI is InChI=1S/C15H11NO2S/c17-14(18)9-19-15-12-7-2-1-5-10(12)11-6-3-4-8-13(11)16-15/h1-8H,9H2,(H,17,18). The molecule has 0 atom stereocenters. The fourth-order valence-corrected chi connectivity index (χ4v) is 2.87. The molecule has 0 fully saturated rings. The third kappa shape index (κ3) is 2.27. The molecule has 0 bridgehead atoms. The Morgan fingerprint density at radius 1 is 1.00 bits per heavy atom. The van der Waals surface area contributed by atoms with Crippen molar-refractivity contribution in [3.63, 3.8) is 0 Å². The van der Waals surface area contributed by atoms with Crippen LogP contribution in [-0.4, -0.2) is 21.8 Å². The second kappa shape index (κ2) is 4.90. The van der Waals surface area contributed by atoms with Crippen LogP contribution in [0.3, 0.4) is 0 Å². The van der Waals surface area contributed by atoms with Gasteiger partial charge in [-0.2, -0.15) is 0 Å². The number of thioether (sulfide) groups is 1. The van der Waals surface area contributed by atoms with Crippen molar-refractivity contribution in [2.45, 2.75) is 5.03 Å². The molecule has 1 aromatic heterocycles. The fraction of sp³-hybridized carbons (Fsp3) is 0.0667. The van der Waals surface area contributed by atoms with E-state index in [0.717, 1.165) is 26.7 Å². The molecule has 0 aliphatic carbocycles. The summed E-state index contributed by atoms with van der Waals surface area (Å²) in [6.07, 6.45) is 0. The lowest BCUT2D eigenvalue weighted by molar-refractivity contribution is -0.133. The van der Waals surface area contributed by atoms with Gasteiger partial charge in [-0.05, 0) is 11.5 Å². The number of pyridine rings is 1. The Bertz CT molecular complexity index is 770. The van der Waals surface area contributed by atoms with Gasteiger partial charge in [-0.25, -0.2) is 4.98 Å². The molecule has 0 aliphatic rings. The normalized spacial score (nSPS) is 10.9. The van der Waals surface area contributed by atoms with E-state index in [0.29, 0.717) is 0 Å². The van der Waals surface area contributed by atoms with Crippen molar-refractivity contribution in [1.29, 1.82) is 0 Å². The van der Waals surface area contributed by atoms with Crippen molar-refractivity contribution in [1.82, 2.24) is 4.98 Å². The van der Waals surface area contributed by atoms with E-state index in [2.05, 4.69) is 4.98 Å². The molecule has 0 saturated heterocycles. The van der Waals surface area contributed by atoms with Gasteiger partial charge in [-0.1, -0.05) is 54.2 Å². The maximum absolute atomic E-state index is 10.7. The molecule has 0 spiro atoms. The lowest BCUT2D eigenvalue weighted by Crippen LogP contribution is -1.98. The first-order valence-electron chi connectivity index (χ1n) is 5.88. The summed E-state index contributed by atoms with van der Waals surface area (Å²) in [6.45, 7) is 0. The van der Waals surface area contributed by atoms with E-state index in [9.17, 15) is 4.79 Å². The predicted octanol–water partition coefficient (Wildman–Crippen LogP) is 3.56. The number of para-hydroxylation sites is 1. The number of aliphatic carboxylic acids is 1. The van der Waals surface area contributed by atoms with Crippen LogP contribution in [0.5, 0.6) is 0 Å². The zero-order chi connectivity index (χ0) is 13.2. The zero-order valence-electron chi connectivity index (χ0n) is 10.0. The topological polar surface area (TPSA) is 50.2 Å². The largest absolute Gasteiger partial charge is 0.481 e. The van der Waals surface area contributed by atoms with E-state index in [4.69, 9.17) is 5.11 Å². The summed E-state index contributed by atoms with van der Waals surface area (Å²) in [5.41, 5.74) is 0.897. The first kappa shape index (κ1) is 12.0. The Hall–Kier alpha value is -2.07. The highest BCUT2D eigenvalue weighted by Crippen LogP contribution is 2.31. The van der Waals surface area contributed by atoms with E-state index >= 15 is 0 Å². The minimum atomic E-state index is -0.830. The van der Waals surface area contributed by atoms with Gasteiger partial charge in [-0.3, -0.25) is 4.79 Å². The molecule has 3 aromatic rings. The second-order valence-electron chi connectivity index (χ2n) is 4.16. The van der Waals surface area contributed by atoms with E-state index in [-0.39, 0.29) is 5.75 Å². The Labute approximate surface area is 114 Å². The summed E-state index contributed by atoms with van der Waals surface area (Å²) in [6, 6.07) is 15.9. The Balaban J connectivity index is 2.26. The van der Waals surface area contributed by atoms with Crippen molar-refractivity contribution in [2.24, 2.45) is 0 Å². The highest BCUT2D eigenvalue weighted by Gasteiger charge is 2.09. The molecule has 0 radical (unpaired) electrons. The number of fused-ring (bicyclic) bond motifs is 3. The second-order valence-corrected chi connectivity index (χ2v) is 5.13. The average molecular weight is 269 g/mol. The zero-order valence-corrected chi connectivity index (χ0v) is 10.9. The molecule has 1 N–H and O–H groups in total. The summed E-state index contributed by atoms with van der Waals surface area (Å²) in [7, 11) is 0. The first-order chi connectivity index (χ1) is 9.25. The number of rotatable bonds is 3. The van der Waals surface area contributed by atoms with Crippen LogP contribution in [0.2, 0.25) is 0 Å². The molecule has 0 saturated carbocycles. The number of benzene rings is 2. The monoisotopic (exact) mass is 269 g/mol. The average Bonchev–Trinajstić information content (AvgIpc) is 2.44. The lowest BCUT2D eigenvalue weighted by Gasteiger charge is -2.08.